The lowest BCUT2D eigenvalue weighted by molar-refractivity contribution is -0.0574. The van der Waals surface area contributed by atoms with Gasteiger partial charge in [0.2, 0.25) is 0 Å². The topological polar surface area (TPSA) is 32.7 Å². The number of aliphatic hydroxyl groups is 1. The van der Waals surface area contributed by atoms with Gasteiger partial charge in [-0.1, -0.05) is 0 Å². The molecule has 1 aliphatic heterocycles. The van der Waals surface area contributed by atoms with Crippen molar-refractivity contribution in [2.45, 2.75) is 32.5 Å². The maximum Gasteiger partial charge on any atom is 0.116 e. The molecule has 0 aliphatic carbocycles. The van der Waals surface area contributed by atoms with Crippen molar-refractivity contribution in [1.82, 2.24) is 4.90 Å². The van der Waals surface area contributed by atoms with E-state index in [9.17, 15) is 0 Å². The van der Waals surface area contributed by atoms with E-state index in [1.54, 1.807) is 0 Å². The molecule has 1 atom stereocenters. The molecule has 0 aromatic carbocycles. The monoisotopic (exact) mass is 159 g/mol. The average molecular weight is 159 g/mol. The van der Waals surface area contributed by atoms with Crippen LogP contribution < -0.4 is 0 Å². The van der Waals surface area contributed by atoms with Gasteiger partial charge in [0, 0.05) is 12.6 Å². The minimum atomic E-state index is -0.192. The first-order chi connectivity index (χ1) is 5.08. The molecule has 66 valence electrons. The summed E-state index contributed by atoms with van der Waals surface area (Å²) in [4.78, 5) is 2.17. The van der Waals surface area contributed by atoms with Crippen LogP contribution in [0.25, 0.3) is 0 Å². The Kier molecular flexibility index (Phi) is 2.52. The summed E-state index contributed by atoms with van der Waals surface area (Å²) in [5.74, 6) is 0. The standard InChI is InChI=1S/C8H17NO2/c1-7-6-11-8(2,3)9(7)4-5-10/h7,10H,4-6H2,1-3H3. The Morgan fingerprint density at radius 3 is 2.64 bits per heavy atom. The molecule has 1 aliphatic rings. The van der Waals surface area contributed by atoms with E-state index in [0.717, 1.165) is 6.61 Å². The first-order valence-corrected chi connectivity index (χ1v) is 4.09. The van der Waals surface area contributed by atoms with Crippen LogP contribution in [0.4, 0.5) is 0 Å². The molecule has 0 saturated carbocycles. The van der Waals surface area contributed by atoms with Gasteiger partial charge in [0.15, 0.2) is 0 Å². The van der Waals surface area contributed by atoms with E-state index in [0.29, 0.717) is 12.6 Å². The Balaban J connectivity index is 2.57. The Morgan fingerprint density at radius 2 is 2.27 bits per heavy atom. The SMILES string of the molecule is CC1COC(C)(C)N1CCO. The van der Waals surface area contributed by atoms with Crippen LogP contribution in [0.5, 0.6) is 0 Å². The average Bonchev–Trinajstić information content (AvgIpc) is 2.16. The second kappa shape index (κ2) is 3.09. The van der Waals surface area contributed by atoms with Crippen molar-refractivity contribution in [2.24, 2.45) is 0 Å². The van der Waals surface area contributed by atoms with Gasteiger partial charge in [-0.05, 0) is 20.8 Å². The van der Waals surface area contributed by atoms with Crippen molar-refractivity contribution < 1.29 is 9.84 Å². The van der Waals surface area contributed by atoms with E-state index in [1.165, 1.54) is 0 Å². The molecule has 0 radical (unpaired) electrons. The van der Waals surface area contributed by atoms with Gasteiger partial charge in [-0.3, -0.25) is 4.90 Å². The zero-order chi connectivity index (χ0) is 8.48. The Hall–Kier alpha value is -0.120. The molecule has 1 fully saturated rings. The molecule has 3 heteroatoms. The van der Waals surface area contributed by atoms with E-state index >= 15 is 0 Å². The van der Waals surface area contributed by atoms with E-state index in [1.807, 2.05) is 13.8 Å². The molecule has 0 aromatic heterocycles. The van der Waals surface area contributed by atoms with Gasteiger partial charge >= 0.3 is 0 Å². The molecule has 0 aromatic rings. The maximum absolute atomic E-state index is 8.78. The van der Waals surface area contributed by atoms with Crippen molar-refractivity contribution in [3.8, 4) is 0 Å². The molecule has 0 amide bonds. The van der Waals surface area contributed by atoms with Gasteiger partial charge in [0.05, 0.1) is 13.2 Å². The van der Waals surface area contributed by atoms with Crippen molar-refractivity contribution in [2.75, 3.05) is 19.8 Å². The van der Waals surface area contributed by atoms with Crippen LogP contribution in [0.3, 0.4) is 0 Å². The number of hydrogen-bond acceptors (Lipinski definition) is 3. The van der Waals surface area contributed by atoms with Crippen molar-refractivity contribution in [3.05, 3.63) is 0 Å². The highest BCUT2D eigenvalue weighted by Gasteiger charge is 2.37. The highest BCUT2D eigenvalue weighted by molar-refractivity contribution is 4.83. The summed E-state index contributed by atoms with van der Waals surface area (Å²) in [5.41, 5.74) is -0.192. The quantitative estimate of drug-likeness (QED) is 0.634. The summed E-state index contributed by atoms with van der Waals surface area (Å²) in [6, 6.07) is 0.428. The molecule has 11 heavy (non-hydrogen) atoms. The summed E-state index contributed by atoms with van der Waals surface area (Å²) in [7, 11) is 0. The van der Waals surface area contributed by atoms with E-state index < -0.39 is 0 Å². The number of hydrogen-bond donors (Lipinski definition) is 1. The maximum atomic E-state index is 8.78. The molecule has 3 nitrogen and oxygen atoms in total. The number of ether oxygens (including phenoxy) is 1. The lowest BCUT2D eigenvalue weighted by atomic mass is 10.2. The van der Waals surface area contributed by atoms with E-state index in [4.69, 9.17) is 9.84 Å². The summed E-state index contributed by atoms with van der Waals surface area (Å²) in [6.45, 7) is 7.86. The number of rotatable bonds is 2. The first kappa shape index (κ1) is 8.97. The van der Waals surface area contributed by atoms with Crippen molar-refractivity contribution in [1.29, 1.82) is 0 Å². The van der Waals surface area contributed by atoms with Crippen LogP contribution in [0.15, 0.2) is 0 Å². The van der Waals surface area contributed by atoms with Crippen LogP contribution in [-0.2, 0) is 4.74 Å². The second-order valence-electron chi connectivity index (χ2n) is 3.52. The fraction of sp³-hybridized carbons (Fsp3) is 1.00. The third kappa shape index (κ3) is 1.72. The van der Waals surface area contributed by atoms with Gasteiger partial charge in [-0.25, -0.2) is 0 Å². The molecular weight excluding hydrogens is 142 g/mol. The predicted molar refractivity (Wildman–Crippen MR) is 43.3 cm³/mol. The lowest BCUT2D eigenvalue weighted by Crippen LogP contribution is -2.44. The second-order valence-corrected chi connectivity index (χ2v) is 3.52. The lowest BCUT2D eigenvalue weighted by Gasteiger charge is -2.31. The highest BCUT2D eigenvalue weighted by Crippen LogP contribution is 2.25. The van der Waals surface area contributed by atoms with Crippen LogP contribution in [0.2, 0.25) is 0 Å². The Morgan fingerprint density at radius 1 is 1.64 bits per heavy atom. The molecule has 1 rings (SSSR count). The Labute approximate surface area is 68.0 Å². The van der Waals surface area contributed by atoms with Crippen LogP contribution in [-0.4, -0.2) is 41.5 Å². The minimum Gasteiger partial charge on any atom is -0.395 e. The third-order valence-electron chi connectivity index (χ3n) is 2.24. The molecule has 1 saturated heterocycles. The molecule has 1 N–H and O–H groups in total. The predicted octanol–water partition coefficient (Wildman–Crippen LogP) is 0.435. The van der Waals surface area contributed by atoms with Gasteiger partial charge < -0.3 is 9.84 Å². The smallest absolute Gasteiger partial charge is 0.116 e. The number of nitrogens with zero attached hydrogens (tertiary/aromatic N) is 1. The highest BCUT2D eigenvalue weighted by atomic mass is 16.5. The zero-order valence-electron chi connectivity index (χ0n) is 7.50. The summed E-state index contributed by atoms with van der Waals surface area (Å²) in [6.07, 6.45) is 0. The van der Waals surface area contributed by atoms with Crippen molar-refractivity contribution >= 4 is 0 Å². The Bertz CT molecular complexity index is 136. The zero-order valence-corrected chi connectivity index (χ0v) is 7.50. The normalized spacial score (nSPS) is 31.1. The fourth-order valence-corrected chi connectivity index (χ4v) is 1.63. The first-order valence-electron chi connectivity index (χ1n) is 4.09. The fourth-order valence-electron chi connectivity index (χ4n) is 1.63. The molecule has 1 heterocycles. The van der Waals surface area contributed by atoms with Crippen molar-refractivity contribution in [3.63, 3.8) is 0 Å². The minimum absolute atomic E-state index is 0.192. The van der Waals surface area contributed by atoms with E-state index in [2.05, 4.69) is 11.8 Å². The summed E-state index contributed by atoms with van der Waals surface area (Å²) < 4.78 is 5.53. The summed E-state index contributed by atoms with van der Waals surface area (Å²) >= 11 is 0. The van der Waals surface area contributed by atoms with Gasteiger partial charge in [0.25, 0.3) is 0 Å². The number of aliphatic hydroxyl groups excluding tert-OH is 1. The van der Waals surface area contributed by atoms with Crippen LogP contribution >= 0.6 is 0 Å². The van der Waals surface area contributed by atoms with Crippen LogP contribution in [0.1, 0.15) is 20.8 Å². The number of β-amino-alcohol motifs (C(OH)–C–C–N with tert-alkyl or cyclic N) is 1. The molecule has 1 unspecified atom stereocenters. The van der Waals surface area contributed by atoms with E-state index in [-0.39, 0.29) is 12.3 Å². The third-order valence-corrected chi connectivity index (χ3v) is 2.24. The van der Waals surface area contributed by atoms with Gasteiger partial charge in [0.1, 0.15) is 5.72 Å². The molecular formula is C8H17NO2. The van der Waals surface area contributed by atoms with Crippen LogP contribution in [0, 0.1) is 0 Å². The molecule has 0 bridgehead atoms. The largest absolute Gasteiger partial charge is 0.395 e. The van der Waals surface area contributed by atoms with Gasteiger partial charge in [-0.15, -0.1) is 0 Å². The van der Waals surface area contributed by atoms with Gasteiger partial charge in [-0.2, -0.15) is 0 Å². The summed E-state index contributed by atoms with van der Waals surface area (Å²) in [5, 5.41) is 8.78. The molecule has 0 spiro atoms.